The fourth-order valence-electron chi connectivity index (χ4n) is 1.62. The third kappa shape index (κ3) is 4.96. The van der Waals surface area contributed by atoms with Crippen molar-refractivity contribution in [1.29, 1.82) is 0 Å². The van der Waals surface area contributed by atoms with E-state index in [-0.39, 0.29) is 5.75 Å². The van der Waals surface area contributed by atoms with Gasteiger partial charge in [-0.1, -0.05) is 55.8 Å². The standard InChI is InChI=1S/C14H11F3O.C2H6/c1-10-5-7-11(8-6-10)12-3-2-4-13(9-12)18-14(15,16)17;1-2/h2-9H,1H3;1-2H3. The van der Waals surface area contributed by atoms with E-state index in [4.69, 9.17) is 0 Å². The van der Waals surface area contributed by atoms with E-state index in [9.17, 15) is 13.2 Å². The van der Waals surface area contributed by atoms with E-state index >= 15 is 0 Å². The summed E-state index contributed by atoms with van der Waals surface area (Å²) in [5.41, 5.74) is 2.64. The maximum atomic E-state index is 12.1. The van der Waals surface area contributed by atoms with Crippen LogP contribution in [0.5, 0.6) is 5.75 Å². The van der Waals surface area contributed by atoms with Crippen LogP contribution < -0.4 is 4.74 Å². The Kier molecular flexibility index (Phi) is 5.62. The van der Waals surface area contributed by atoms with Crippen LogP contribution in [0.2, 0.25) is 0 Å². The summed E-state index contributed by atoms with van der Waals surface area (Å²) in [4.78, 5) is 0. The minimum absolute atomic E-state index is 0.208. The SMILES string of the molecule is CC.Cc1ccc(-c2cccc(OC(F)(F)F)c2)cc1. The van der Waals surface area contributed by atoms with Crippen LogP contribution in [0, 0.1) is 6.92 Å². The molecule has 0 N–H and O–H groups in total. The zero-order valence-electron chi connectivity index (χ0n) is 11.7. The Morgan fingerprint density at radius 3 is 2.00 bits per heavy atom. The van der Waals surface area contributed by atoms with Crippen molar-refractivity contribution in [3.63, 3.8) is 0 Å². The molecule has 108 valence electrons. The first-order valence-corrected chi connectivity index (χ1v) is 6.37. The van der Waals surface area contributed by atoms with Gasteiger partial charge in [0.05, 0.1) is 0 Å². The van der Waals surface area contributed by atoms with Gasteiger partial charge in [-0.05, 0) is 30.2 Å². The molecule has 0 unspecified atom stereocenters. The molecule has 2 aromatic carbocycles. The van der Waals surface area contributed by atoms with Crippen molar-refractivity contribution >= 4 is 0 Å². The van der Waals surface area contributed by atoms with Crippen LogP contribution >= 0.6 is 0 Å². The van der Waals surface area contributed by atoms with E-state index in [0.717, 1.165) is 11.1 Å². The fraction of sp³-hybridized carbons (Fsp3) is 0.250. The molecule has 2 rings (SSSR count). The molecule has 0 fully saturated rings. The third-order valence-corrected chi connectivity index (χ3v) is 2.45. The van der Waals surface area contributed by atoms with Crippen molar-refractivity contribution in [3.05, 3.63) is 54.1 Å². The van der Waals surface area contributed by atoms with Gasteiger partial charge in [-0.25, -0.2) is 0 Å². The second kappa shape index (κ2) is 6.98. The van der Waals surface area contributed by atoms with Crippen molar-refractivity contribution in [2.24, 2.45) is 0 Å². The van der Waals surface area contributed by atoms with Crippen molar-refractivity contribution in [1.82, 2.24) is 0 Å². The summed E-state index contributed by atoms with van der Waals surface area (Å²) in [7, 11) is 0. The highest BCUT2D eigenvalue weighted by Gasteiger charge is 2.31. The maximum Gasteiger partial charge on any atom is 0.573 e. The number of ether oxygens (including phenoxy) is 1. The summed E-state index contributed by atoms with van der Waals surface area (Å²) >= 11 is 0. The number of aryl methyl sites for hydroxylation is 1. The second-order valence-electron chi connectivity index (χ2n) is 3.94. The number of benzene rings is 2. The molecule has 4 heteroatoms. The Morgan fingerprint density at radius 1 is 0.850 bits per heavy atom. The maximum absolute atomic E-state index is 12.1. The number of hydrogen-bond donors (Lipinski definition) is 0. The summed E-state index contributed by atoms with van der Waals surface area (Å²) in [6.07, 6.45) is -4.66. The van der Waals surface area contributed by atoms with Gasteiger partial charge in [-0.3, -0.25) is 0 Å². The zero-order valence-corrected chi connectivity index (χ0v) is 11.7. The van der Waals surface area contributed by atoms with Crippen LogP contribution in [0.3, 0.4) is 0 Å². The first-order chi connectivity index (χ1) is 9.44. The van der Waals surface area contributed by atoms with Crippen LogP contribution in [-0.2, 0) is 0 Å². The molecule has 0 heterocycles. The topological polar surface area (TPSA) is 9.23 Å². The lowest BCUT2D eigenvalue weighted by molar-refractivity contribution is -0.274. The van der Waals surface area contributed by atoms with Gasteiger partial charge in [0, 0.05) is 0 Å². The van der Waals surface area contributed by atoms with Gasteiger partial charge in [0.1, 0.15) is 5.75 Å². The van der Waals surface area contributed by atoms with Crippen LogP contribution in [0.1, 0.15) is 19.4 Å². The smallest absolute Gasteiger partial charge is 0.406 e. The number of halogens is 3. The Bertz CT molecular complexity index is 530. The molecule has 0 saturated carbocycles. The summed E-state index contributed by atoms with van der Waals surface area (Å²) < 4.78 is 40.2. The minimum Gasteiger partial charge on any atom is -0.406 e. The fourth-order valence-corrected chi connectivity index (χ4v) is 1.62. The molecule has 0 bridgehead atoms. The van der Waals surface area contributed by atoms with Crippen LogP contribution in [-0.4, -0.2) is 6.36 Å². The molecule has 0 aliphatic heterocycles. The van der Waals surface area contributed by atoms with Gasteiger partial charge in [0.2, 0.25) is 0 Å². The second-order valence-corrected chi connectivity index (χ2v) is 3.94. The largest absolute Gasteiger partial charge is 0.573 e. The number of hydrogen-bond acceptors (Lipinski definition) is 1. The van der Waals surface area contributed by atoms with Crippen LogP contribution in [0.15, 0.2) is 48.5 Å². The average Bonchev–Trinajstić information content (AvgIpc) is 2.40. The lowest BCUT2D eigenvalue weighted by Gasteiger charge is -2.10. The minimum atomic E-state index is -4.66. The van der Waals surface area contributed by atoms with E-state index in [1.165, 1.54) is 18.2 Å². The monoisotopic (exact) mass is 282 g/mol. The summed E-state index contributed by atoms with van der Waals surface area (Å²) in [6.45, 7) is 5.95. The van der Waals surface area contributed by atoms with Gasteiger partial charge in [0.25, 0.3) is 0 Å². The summed E-state index contributed by atoms with van der Waals surface area (Å²) in [5.74, 6) is -0.208. The molecule has 0 aliphatic rings. The molecule has 0 saturated heterocycles. The predicted octanol–water partition coefficient (Wildman–Crippen LogP) is 5.59. The lowest BCUT2D eigenvalue weighted by Crippen LogP contribution is -2.17. The van der Waals surface area contributed by atoms with E-state index < -0.39 is 6.36 Å². The van der Waals surface area contributed by atoms with Gasteiger partial charge in [-0.2, -0.15) is 0 Å². The molecule has 0 atom stereocenters. The molecule has 2 aromatic rings. The van der Waals surface area contributed by atoms with Crippen LogP contribution in [0.4, 0.5) is 13.2 Å². The molecular weight excluding hydrogens is 265 g/mol. The number of rotatable bonds is 2. The first-order valence-electron chi connectivity index (χ1n) is 6.37. The van der Waals surface area contributed by atoms with Gasteiger partial charge >= 0.3 is 6.36 Å². The predicted molar refractivity (Wildman–Crippen MR) is 74.6 cm³/mol. The Hall–Kier alpha value is -1.97. The van der Waals surface area contributed by atoms with Gasteiger partial charge < -0.3 is 4.74 Å². The average molecular weight is 282 g/mol. The highest BCUT2D eigenvalue weighted by molar-refractivity contribution is 5.65. The summed E-state index contributed by atoms with van der Waals surface area (Å²) in [6, 6.07) is 13.5. The molecule has 1 nitrogen and oxygen atoms in total. The highest BCUT2D eigenvalue weighted by atomic mass is 19.4. The molecular formula is C16H17F3O. The molecule has 0 radical (unpaired) electrons. The molecule has 20 heavy (non-hydrogen) atoms. The van der Waals surface area contributed by atoms with E-state index in [1.54, 1.807) is 6.07 Å². The molecule has 0 amide bonds. The van der Waals surface area contributed by atoms with Crippen molar-refractivity contribution < 1.29 is 17.9 Å². The van der Waals surface area contributed by atoms with E-state index in [0.29, 0.717) is 5.56 Å². The Morgan fingerprint density at radius 2 is 1.45 bits per heavy atom. The first kappa shape index (κ1) is 16.1. The lowest BCUT2D eigenvalue weighted by atomic mass is 10.0. The molecule has 0 spiro atoms. The third-order valence-electron chi connectivity index (χ3n) is 2.45. The molecule has 0 aromatic heterocycles. The van der Waals surface area contributed by atoms with Crippen LogP contribution in [0.25, 0.3) is 11.1 Å². The molecule has 0 aliphatic carbocycles. The van der Waals surface area contributed by atoms with E-state index in [2.05, 4.69) is 4.74 Å². The van der Waals surface area contributed by atoms with Crippen molar-refractivity contribution in [3.8, 4) is 16.9 Å². The Labute approximate surface area is 117 Å². The van der Waals surface area contributed by atoms with E-state index in [1.807, 2.05) is 45.0 Å². The normalized spacial score (nSPS) is 10.5. The van der Waals surface area contributed by atoms with Gasteiger partial charge in [-0.15, -0.1) is 13.2 Å². The summed E-state index contributed by atoms with van der Waals surface area (Å²) in [5, 5.41) is 0. The number of alkyl halides is 3. The van der Waals surface area contributed by atoms with Crippen molar-refractivity contribution in [2.45, 2.75) is 27.1 Å². The van der Waals surface area contributed by atoms with Crippen molar-refractivity contribution in [2.75, 3.05) is 0 Å². The highest BCUT2D eigenvalue weighted by Crippen LogP contribution is 2.27. The van der Waals surface area contributed by atoms with Gasteiger partial charge in [0.15, 0.2) is 0 Å². The Balaban J connectivity index is 0.000000956. The zero-order chi connectivity index (χ0) is 15.2. The quantitative estimate of drug-likeness (QED) is 0.698.